The lowest BCUT2D eigenvalue weighted by Gasteiger charge is -2.16. The minimum atomic E-state index is -3.35. The van der Waals surface area contributed by atoms with Crippen LogP contribution in [0.25, 0.3) is 0 Å². The molecular weight excluding hydrogens is 503 g/mol. The number of nitrogens with zero attached hydrogens (tertiary/aromatic N) is 2. The van der Waals surface area contributed by atoms with Crippen LogP contribution in [0.15, 0.2) is 21.3 Å². The van der Waals surface area contributed by atoms with Gasteiger partial charge in [-0.25, -0.2) is 8.42 Å². The predicted molar refractivity (Wildman–Crippen MR) is 126 cm³/mol. The van der Waals surface area contributed by atoms with E-state index < -0.39 is 10.0 Å². The highest BCUT2D eigenvalue weighted by Crippen LogP contribution is 2.25. The summed E-state index contributed by atoms with van der Waals surface area (Å²) in [5.41, 5.74) is 0. The summed E-state index contributed by atoms with van der Waals surface area (Å²) in [7, 11) is -3.35. The van der Waals surface area contributed by atoms with Gasteiger partial charge in [0, 0.05) is 36.8 Å². The maximum atomic E-state index is 12.5. The molecule has 0 aliphatic heterocycles. The normalized spacial score (nSPS) is 12.1. The average Bonchev–Trinajstić information content (AvgIpc) is 3.06. The van der Waals surface area contributed by atoms with E-state index in [2.05, 4.69) is 21.9 Å². The van der Waals surface area contributed by atoms with Crippen LogP contribution in [0.1, 0.15) is 25.6 Å². The molecule has 1 aromatic heterocycles. The number of hydrogen-bond acceptors (Lipinski definition) is 5. The van der Waals surface area contributed by atoms with Gasteiger partial charge in [-0.2, -0.15) is 16.1 Å². The second-order valence-electron chi connectivity index (χ2n) is 5.24. The maximum absolute atomic E-state index is 12.5. The summed E-state index contributed by atoms with van der Waals surface area (Å²) in [5, 5.41) is 6.52. The Bertz CT molecular complexity index is 631. The van der Waals surface area contributed by atoms with Crippen LogP contribution in [0.2, 0.25) is 0 Å². The van der Waals surface area contributed by atoms with Gasteiger partial charge in [-0.1, -0.05) is 13.8 Å². The van der Waals surface area contributed by atoms with E-state index in [0.29, 0.717) is 17.3 Å². The Hall–Kier alpha value is -0.0400. The molecule has 2 N–H and O–H groups in total. The summed E-state index contributed by atoms with van der Waals surface area (Å²) in [4.78, 5) is 5.55. The van der Waals surface area contributed by atoms with Crippen LogP contribution < -0.4 is 10.6 Å². The van der Waals surface area contributed by atoms with Gasteiger partial charge in [0.1, 0.15) is 4.21 Å². The lowest BCUT2D eigenvalue weighted by atomic mass is 10.3. The Kier molecular flexibility index (Phi) is 14.0. The van der Waals surface area contributed by atoms with Gasteiger partial charge >= 0.3 is 0 Å². The largest absolute Gasteiger partial charge is 0.357 e. The zero-order valence-corrected chi connectivity index (χ0v) is 20.7. The van der Waals surface area contributed by atoms with Crippen molar-refractivity contribution in [2.24, 2.45) is 4.99 Å². The van der Waals surface area contributed by atoms with Crippen molar-refractivity contribution in [3.8, 4) is 0 Å². The molecule has 1 heterocycles. The molecule has 1 aromatic rings. The Morgan fingerprint density at radius 2 is 1.92 bits per heavy atom. The third-order valence-electron chi connectivity index (χ3n) is 3.51. The number of halogens is 1. The average molecular weight is 535 g/mol. The highest BCUT2D eigenvalue weighted by Gasteiger charge is 2.23. The van der Waals surface area contributed by atoms with E-state index in [1.165, 1.54) is 15.6 Å². The van der Waals surface area contributed by atoms with Crippen molar-refractivity contribution in [2.75, 3.05) is 44.7 Å². The van der Waals surface area contributed by atoms with Gasteiger partial charge in [-0.15, -0.1) is 35.3 Å². The number of rotatable bonds is 11. The molecule has 0 saturated carbocycles. The van der Waals surface area contributed by atoms with Gasteiger partial charge < -0.3 is 10.6 Å². The van der Waals surface area contributed by atoms with E-state index in [1.54, 1.807) is 17.8 Å². The van der Waals surface area contributed by atoms with Crippen LogP contribution in [-0.2, 0) is 16.4 Å². The molecule has 0 aliphatic rings. The monoisotopic (exact) mass is 534 g/mol. The Balaban J connectivity index is 0.00000625. The number of aliphatic imine (C=N–C) groups is 1. The number of hydrogen-bond donors (Lipinski definition) is 2. The quantitative estimate of drug-likeness (QED) is 0.198. The van der Waals surface area contributed by atoms with Crippen LogP contribution in [0.5, 0.6) is 0 Å². The van der Waals surface area contributed by atoms with Crippen molar-refractivity contribution in [1.82, 2.24) is 14.9 Å². The summed E-state index contributed by atoms with van der Waals surface area (Å²) >= 11 is 3.12. The third kappa shape index (κ3) is 8.32. The van der Waals surface area contributed by atoms with Crippen molar-refractivity contribution < 1.29 is 8.42 Å². The predicted octanol–water partition coefficient (Wildman–Crippen LogP) is 2.86. The molecule has 0 fully saturated rings. The summed E-state index contributed by atoms with van der Waals surface area (Å²) in [6.45, 7) is 9.05. The molecule has 0 saturated heterocycles. The smallest absolute Gasteiger partial charge is 0.252 e. The van der Waals surface area contributed by atoms with Gasteiger partial charge in [0.2, 0.25) is 0 Å². The number of thioether (sulfide) groups is 1. The fourth-order valence-corrected chi connectivity index (χ4v) is 5.46. The fourth-order valence-electron chi connectivity index (χ4n) is 2.22. The standard InChI is InChI=1S/C16H30N4O2S3.HI/c1-5-17-16(19-12-13-23-4)18-11-10-14-8-9-15(24-14)25(21,22)20(6-2)7-3;/h8-9H,5-7,10-13H2,1-4H3,(H2,17,18,19);1H. The van der Waals surface area contributed by atoms with Gasteiger partial charge in [0.15, 0.2) is 5.96 Å². The molecule has 0 aromatic carbocycles. The highest BCUT2D eigenvalue weighted by atomic mass is 127. The zero-order chi connectivity index (χ0) is 18.7. The first-order chi connectivity index (χ1) is 12.0. The molecule has 26 heavy (non-hydrogen) atoms. The van der Waals surface area contributed by atoms with E-state index >= 15 is 0 Å². The molecule has 152 valence electrons. The lowest BCUT2D eigenvalue weighted by molar-refractivity contribution is 0.447. The van der Waals surface area contributed by atoms with Gasteiger partial charge in [0.05, 0.1) is 6.54 Å². The topological polar surface area (TPSA) is 73.8 Å². The summed E-state index contributed by atoms with van der Waals surface area (Å²) in [6, 6.07) is 3.62. The van der Waals surface area contributed by atoms with Crippen molar-refractivity contribution in [2.45, 2.75) is 31.4 Å². The van der Waals surface area contributed by atoms with Crippen LogP contribution in [-0.4, -0.2) is 63.4 Å². The summed E-state index contributed by atoms with van der Waals surface area (Å²) in [5.74, 6) is 1.80. The SMILES string of the molecule is CCNC(=NCCSC)NCCc1ccc(S(=O)(=O)N(CC)CC)s1.I. The van der Waals surface area contributed by atoms with E-state index in [1.807, 2.05) is 26.8 Å². The summed E-state index contributed by atoms with van der Waals surface area (Å²) in [6.07, 6.45) is 2.84. The van der Waals surface area contributed by atoms with Crippen LogP contribution in [0, 0.1) is 0 Å². The number of nitrogens with one attached hydrogen (secondary N) is 2. The van der Waals surface area contributed by atoms with Gasteiger partial charge in [0.25, 0.3) is 10.0 Å². The van der Waals surface area contributed by atoms with Crippen molar-refractivity contribution in [1.29, 1.82) is 0 Å². The second-order valence-corrected chi connectivity index (χ2v) is 9.56. The number of sulfonamides is 1. The van der Waals surface area contributed by atoms with E-state index in [9.17, 15) is 8.42 Å². The molecule has 0 bridgehead atoms. The van der Waals surface area contributed by atoms with E-state index in [0.717, 1.165) is 42.6 Å². The lowest BCUT2D eigenvalue weighted by Crippen LogP contribution is -2.38. The molecule has 0 atom stereocenters. The molecule has 6 nitrogen and oxygen atoms in total. The molecule has 0 spiro atoms. The van der Waals surface area contributed by atoms with E-state index in [4.69, 9.17) is 0 Å². The van der Waals surface area contributed by atoms with E-state index in [-0.39, 0.29) is 24.0 Å². The summed E-state index contributed by atoms with van der Waals surface area (Å²) < 4.78 is 26.9. The number of thiophene rings is 1. The van der Waals surface area contributed by atoms with Crippen LogP contribution >= 0.6 is 47.1 Å². The van der Waals surface area contributed by atoms with Crippen molar-refractivity contribution >= 4 is 63.1 Å². The Morgan fingerprint density at radius 3 is 2.50 bits per heavy atom. The van der Waals surface area contributed by atoms with Crippen molar-refractivity contribution in [3.05, 3.63) is 17.0 Å². The Morgan fingerprint density at radius 1 is 1.23 bits per heavy atom. The molecule has 0 radical (unpaired) electrons. The minimum Gasteiger partial charge on any atom is -0.357 e. The minimum absolute atomic E-state index is 0. The molecule has 0 unspecified atom stereocenters. The second kappa shape index (κ2) is 14.0. The van der Waals surface area contributed by atoms with Crippen molar-refractivity contribution in [3.63, 3.8) is 0 Å². The molecule has 0 amide bonds. The first-order valence-corrected chi connectivity index (χ1v) is 12.2. The molecule has 10 heteroatoms. The Labute approximate surface area is 183 Å². The molecule has 0 aliphatic carbocycles. The molecule has 1 rings (SSSR count). The highest BCUT2D eigenvalue weighted by molar-refractivity contribution is 14.0. The first-order valence-electron chi connectivity index (χ1n) is 8.59. The van der Waals surface area contributed by atoms with Gasteiger partial charge in [-0.05, 0) is 31.7 Å². The first kappa shape index (κ1) is 26.0. The van der Waals surface area contributed by atoms with Crippen LogP contribution in [0.3, 0.4) is 0 Å². The zero-order valence-electron chi connectivity index (χ0n) is 15.9. The third-order valence-corrected chi connectivity index (χ3v) is 7.76. The number of guanidine groups is 1. The molecular formula is C16H31IN4O2S3. The van der Waals surface area contributed by atoms with Crippen LogP contribution in [0.4, 0.5) is 0 Å². The maximum Gasteiger partial charge on any atom is 0.252 e. The van der Waals surface area contributed by atoms with Gasteiger partial charge in [-0.3, -0.25) is 4.99 Å². The fraction of sp³-hybridized carbons (Fsp3) is 0.688.